The maximum atomic E-state index is 13.9. The first-order valence-electron chi connectivity index (χ1n) is 12.3. The quantitative estimate of drug-likeness (QED) is 0.264. The van der Waals surface area contributed by atoms with Crippen molar-refractivity contribution in [3.05, 3.63) is 52.2 Å². The van der Waals surface area contributed by atoms with Crippen molar-refractivity contribution in [3.8, 4) is 0 Å². The second kappa shape index (κ2) is 9.97. The Kier molecular flexibility index (Phi) is 6.61. The van der Waals surface area contributed by atoms with Crippen LogP contribution in [-0.2, 0) is 11.3 Å². The lowest BCUT2D eigenvalue weighted by Crippen LogP contribution is -2.47. The van der Waals surface area contributed by atoms with Gasteiger partial charge in [-0.2, -0.15) is 5.10 Å². The maximum Gasteiger partial charge on any atom is 0.428 e. The van der Waals surface area contributed by atoms with E-state index in [1.807, 2.05) is 29.1 Å². The van der Waals surface area contributed by atoms with Crippen LogP contribution in [0, 0.1) is 0 Å². The average molecular weight is 479 g/mol. The number of carbonyl (C=O) groups excluding carboxylic acids is 2. The highest BCUT2D eigenvalue weighted by molar-refractivity contribution is 6.06. The topological polar surface area (TPSA) is 128 Å². The molecule has 1 aliphatic heterocycles. The van der Waals surface area contributed by atoms with Gasteiger partial charge in [-0.1, -0.05) is 11.2 Å². The van der Waals surface area contributed by atoms with Crippen molar-refractivity contribution in [3.63, 3.8) is 0 Å². The maximum absolute atomic E-state index is 13.9. The van der Waals surface area contributed by atoms with E-state index >= 15 is 0 Å². The normalized spacial score (nSPS) is 21.3. The number of fused-ring (bicyclic) bond motifs is 2. The van der Waals surface area contributed by atoms with Crippen LogP contribution in [0.5, 0.6) is 0 Å². The highest BCUT2D eigenvalue weighted by atomic mass is 16.6. The second-order valence-corrected chi connectivity index (χ2v) is 9.25. The molecule has 2 heterocycles. The van der Waals surface area contributed by atoms with Gasteiger partial charge >= 0.3 is 6.09 Å². The second-order valence-electron chi connectivity index (χ2n) is 9.25. The minimum atomic E-state index is -0.399. The van der Waals surface area contributed by atoms with Gasteiger partial charge in [0.25, 0.3) is 5.91 Å². The zero-order chi connectivity index (χ0) is 24.4. The highest BCUT2D eigenvalue weighted by Gasteiger charge is 2.42. The lowest BCUT2D eigenvalue weighted by atomic mass is 9.86. The Hall–Kier alpha value is -3.56. The van der Waals surface area contributed by atoms with Crippen molar-refractivity contribution in [2.75, 3.05) is 13.2 Å². The molecule has 11 heteroatoms. The van der Waals surface area contributed by atoms with E-state index in [4.69, 9.17) is 10.3 Å². The van der Waals surface area contributed by atoms with E-state index in [0.717, 1.165) is 48.6 Å². The molecular formula is C24H30N8O3. The molecule has 1 aromatic carbocycles. The fourth-order valence-corrected chi connectivity index (χ4v) is 5.18. The van der Waals surface area contributed by atoms with Crippen LogP contribution in [0.3, 0.4) is 0 Å². The summed E-state index contributed by atoms with van der Waals surface area (Å²) in [6.07, 6.45) is 8.40. The summed E-state index contributed by atoms with van der Waals surface area (Å²) in [5.74, 6) is 0.0454. The van der Waals surface area contributed by atoms with Gasteiger partial charge in [0.2, 0.25) is 0 Å². The number of amides is 2. The van der Waals surface area contributed by atoms with E-state index in [-0.39, 0.29) is 24.0 Å². The van der Waals surface area contributed by atoms with Gasteiger partial charge in [-0.25, -0.2) is 15.2 Å². The van der Waals surface area contributed by atoms with Crippen molar-refractivity contribution < 1.29 is 14.3 Å². The van der Waals surface area contributed by atoms with Crippen LogP contribution in [0.15, 0.2) is 41.3 Å². The van der Waals surface area contributed by atoms with Gasteiger partial charge in [-0.15, -0.1) is 0 Å². The molecule has 2 unspecified atom stereocenters. The number of aryl methyl sites for hydroxylation is 1. The number of hydrogen-bond donors (Lipinski definition) is 1. The molecule has 2 atom stereocenters. The molecule has 0 radical (unpaired) electrons. The fraction of sp³-hybridized carbons (Fsp3) is 0.542. The van der Waals surface area contributed by atoms with Crippen LogP contribution < -0.4 is 5.43 Å². The lowest BCUT2D eigenvalue weighted by Gasteiger charge is -2.37. The number of nitrogens with zero attached hydrogens (tertiary/aromatic N) is 7. The number of aromatic nitrogens is 2. The molecule has 35 heavy (non-hydrogen) atoms. The Labute approximate surface area is 203 Å². The highest BCUT2D eigenvalue weighted by Crippen LogP contribution is 2.38. The number of nitrogens with one attached hydrogen (secondary N) is 1. The number of carbonyl (C=O) groups is 2. The van der Waals surface area contributed by atoms with Gasteiger partial charge < -0.3 is 9.64 Å². The predicted octanol–water partition coefficient (Wildman–Crippen LogP) is 4.12. The van der Waals surface area contributed by atoms with Gasteiger partial charge in [0.15, 0.2) is 0 Å². The van der Waals surface area contributed by atoms with E-state index in [2.05, 4.69) is 25.5 Å². The van der Waals surface area contributed by atoms with Crippen LogP contribution in [0.25, 0.3) is 21.3 Å². The Morgan fingerprint density at radius 3 is 2.89 bits per heavy atom. The third kappa shape index (κ3) is 4.69. The van der Waals surface area contributed by atoms with Crippen molar-refractivity contribution in [1.82, 2.24) is 25.1 Å². The number of benzene rings is 1. The van der Waals surface area contributed by atoms with Gasteiger partial charge in [0.05, 0.1) is 23.9 Å². The zero-order valence-corrected chi connectivity index (χ0v) is 19.8. The molecule has 0 bridgehead atoms. The molecule has 2 saturated carbocycles. The molecule has 1 N–H and O–H groups in total. The predicted molar refractivity (Wildman–Crippen MR) is 129 cm³/mol. The van der Waals surface area contributed by atoms with Crippen molar-refractivity contribution in [2.45, 2.75) is 70.1 Å². The molecule has 3 aliphatic rings. The first kappa shape index (κ1) is 23.2. The van der Waals surface area contributed by atoms with Gasteiger partial charge in [-0.3, -0.25) is 9.48 Å². The molecule has 184 valence electrons. The largest absolute Gasteiger partial charge is 0.449 e. The summed E-state index contributed by atoms with van der Waals surface area (Å²) in [6.45, 7) is 3.14. The van der Waals surface area contributed by atoms with Gasteiger partial charge in [0.1, 0.15) is 0 Å². The molecule has 2 fully saturated rings. The van der Waals surface area contributed by atoms with E-state index in [9.17, 15) is 9.59 Å². The number of azide groups is 1. The Morgan fingerprint density at radius 2 is 2.11 bits per heavy atom. The standard InChI is InChI=1S/C24H30N8O3/c1-2-35-24(34)31-15-16-13-18(9-10-21(16)28-31)32(17-7-8-17)23(33)19-5-3-6-22-20(19)14-27-30(22)12-4-11-26-29-25/h3,5-6,14-15,17-18,21,28H,2,4,7-13H2,1H3. The minimum absolute atomic E-state index is 0.0454. The third-order valence-corrected chi connectivity index (χ3v) is 6.94. The van der Waals surface area contributed by atoms with E-state index in [0.29, 0.717) is 31.7 Å². The average Bonchev–Trinajstić information content (AvgIpc) is 3.45. The van der Waals surface area contributed by atoms with Crippen LogP contribution in [-0.4, -0.2) is 63.0 Å². The fourth-order valence-electron chi connectivity index (χ4n) is 5.18. The SMILES string of the molecule is CCOC(=O)N1C=C2CC(N(C(=O)c3cccc4c3cnn4CCCN=[N+]=[N-])C3CC3)CCC2N1. The summed E-state index contributed by atoms with van der Waals surface area (Å²) in [7, 11) is 0. The summed E-state index contributed by atoms with van der Waals surface area (Å²) < 4.78 is 6.98. The molecule has 2 amide bonds. The summed E-state index contributed by atoms with van der Waals surface area (Å²) >= 11 is 0. The number of ether oxygens (including phenoxy) is 1. The summed E-state index contributed by atoms with van der Waals surface area (Å²) in [6, 6.07) is 6.22. The first-order chi connectivity index (χ1) is 17.1. The number of rotatable bonds is 8. The third-order valence-electron chi connectivity index (χ3n) is 6.94. The Morgan fingerprint density at radius 1 is 1.29 bits per heavy atom. The lowest BCUT2D eigenvalue weighted by molar-refractivity contribution is 0.0628. The minimum Gasteiger partial charge on any atom is -0.449 e. The molecule has 2 aliphatic carbocycles. The number of hydrogen-bond acceptors (Lipinski definition) is 6. The summed E-state index contributed by atoms with van der Waals surface area (Å²) in [5.41, 5.74) is 14.4. The molecule has 0 saturated heterocycles. The molecule has 11 nitrogen and oxygen atoms in total. The summed E-state index contributed by atoms with van der Waals surface area (Å²) in [5, 5.41) is 10.4. The molecular weight excluding hydrogens is 448 g/mol. The van der Waals surface area contributed by atoms with E-state index in [1.165, 1.54) is 5.01 Å². The van der Waals surface area contributed by atoms with Gasteiger partial charge in [-0.05, 0) is 68.7 Å². The van der Waals surface area contributed by atoms with E-state index < -0.39 is 6.09 Å². The summed E-state index contributed by atoms with van der Waals surface area (Å²) in [4.78, 5) is 30.9. The smallest absolute Gasteiger partial charge is 0.428 e. The molecule has 2 aromatic rings. The van der Waals surface area contributed by atoms with Gasteiger partial charge in [0, 0.05) is 47.7 Å². The Bertz CT molecular complexity index is 1200. The van der Waals surface area contributed by atoms with Crippen molar-refractivity contribution >= 4 is 22.9 Å². The Balaban J connectivity index is 1.35. The van der Waals surface area contributed by atoms with Crippen LogP contribution in [0.2, 0.25) is 0 Å². The zero-order valence-electron chi connectivity index (χ0n) is 19.8. The molecule has 5 rings (SSSR count). The van der Waals surface area contributed by atoms with Crippen molar-refractivity contribution in [1.29, 1.82) is 0 Å². The van der Waals surface area contributed by atoms with Crippen LogP contribution >= 0.6 is 0 Å². The van der Waals surface area contributed by atoms with Crippen LogP contribution in [0.1, 0.15) is 55.8 Å². The molecule has 0 spiro atoms. The monoisotopic (exact) mass is 478 g/mol. The number of hydrazine groups is 1. The first-order valence-corrected chi connectivity index (χ1v) is 12.3. The molecule has 1 aromatic heterocycles. The van der Waals surface area contributed by atoms with Crippen molar-refractivity contribution in [2.24, 2.45) is 5.11 Å². The van der Waals surface area contributed by atoms with E-state index in [1.54, 1.807) is 13.1 Å². The van der Waals surface area contributed by atoms with Crippen LogP contribution in [0.4, 0.5) is 4.79 Å².